The number of aryl methyl sites for hydroxylation is 2. The number of H-pyrrole nitrogens is 1. The molecule has 10 heteroatoms. The van der Waals surface area contributed by atoms with E-state index in [0.29, 0.717) is 28.7 Å². The van der Waals surface area contributed by atoms with E-state index in [1.165, 1.54) is 11.8 Å². The molecule has 28 heavy (non-hydrogen) atoms. The molecular formula is C18H18N6O2S2. The Labute approximate surface area is 169 Å². The van der Waals surface area contributed by atoms with E-state index >= 15 is 0 Å². The molecule has 0 saturated heterocycles. The molecule has 1 N–H and O–H groups in total. The average Bonchev–Trinajstić information content (AvgIpc) is 3.24. The normalized spacial score (nSPS) is 11.2. The van der Waals surface area contributed by atoms with E-state index in [2.05, 4.69) is 25.5 Å². The molecular weight excluding hydrogens is 396 g/mol. The van der Waals surface area contributed by atoms with Crippen molar-refractivity contribution in [2.45, 2.75) is 31.3 Å². The first-order valence-corrected chi connectivity index (χ1v) is 10.4. The molecule has 0 atom stereocenters. The molecule has 144 valence electrons. The van der Waals surface area contributed by atoms with Crippen molar-refractivity contribution in [3.8, 4) is 5.75 Å². The Bertz CT molecular complexity index is 1180. The van der Waals surface area contributed by atoms with Crippen LogP contribution in [-0.4, -0.2) is 37.3 Å². The van der Waals surface area contributed by atoms with E-state index < -0.39 is 0 Å². The molecule has 8 nitrogen and oxygen atoms in total. The topological polar surface area (TPSA) is 98.6 Å². The molecule has 0 aliphatic heterocycles. The second-order valence-corrected chi connectivity index (χ2v) is 8.38. The quantitative estimate of drug-likeness (QED) is 0.484. The minimum absolute atomic E-state index is 0.0970. The van der Waals surface area contributed by atoms with E-state index in [4.69, 9.17) is 4.74 Å². The van der Waals surface area contributed by atoms with Crippen LogP contribution < -0.4 is 10.3 Å². The highest BCUT2D eigenvalue weighted by Gasteiger charge is 2.13. The smallest absolute Gasteiger partial charge is 0.259 e. The lowest BCUT2D eigenvalue weighted by Gasteiger charge is -2.06. The summed E-state index contributed by atoms with van der Waals surface area (Å²) < 4.78 is 6.90. The number of hydrogen-bond donors (Lipinski definition) is 1. The standard InChI is InChI=1S/C18H18N6O2S2/c1-10-11(2)28-17-15(10)16(25)19-14(20-17)9-27-18-21-22-23-24(18)8-12-4-6-13(26-3)7-5-12/h4-7H,8-9H2,1-3H3,(H,19,20,25). The van der Waals surface area contributed by atoms with Crippen LogP contribution in [0.4, 0.5) is 0 Å². The number of thiophene rings is 1. The Hall–Kier alpha value is -2.72. The van der Waals surface area contributed by atoms with Gasteiger partial charge in [-0.25, -0.2) is 9.67 Å². The molecule has 3 heterocycles. The SMILES string of the molecule is COc1ccc(Cn2nnnc2SCc2nc3sc(C)c(C)c3c(=O)[nH]2)cc1. The van der Waals surface area contributed by atoms with Crippen molar-refractivity contribution in [3.63, 3.8) is 0 Å². The van der Waals surface area contributed by atoms with Crippen LogP contribution in [-0.2, 0) is 12.3 Å². The number of rotatable bonds is 6. The van der Waals surface area contributed by atoms with Gasteiger partial charge < -0.3 is 9.72 Å². The number of thioether (sulfide) groups is 1. The van der Waals surface area contributed by atoms with Crippen LogP contribution in [0.5, 0.6) is 5.75 Å². The zero-order valence-corrected chi connectivity index (χ0v) is 17.2. The van der Waals surface area contributed by atoms with Crippen molar-refractivity contribution in [2.75, 3.05) is 7.11 Å². The lowest BCUT2D eigenvalue weighted by Crippen LogP contribution is -2.11. The van der Waals surface area contributed by atoms with Gasteiger partial charge in [-0.05, 0) is 47.5 Å². The summed E-state index contributed by atoms with van der Waals surface area (Å²) in [5.41, 5.74) is 1.96. The largest absolute Gasteiger partial charge is 0.497 e. The van der Waals surface area contributed by atoms with Crippen LogP contribution in [0.3, 0.4) is 0 Å². The fraction of sp³-hybridized carbons (Fsp3) is 0.278. The highest BCUT2D eigenvalue weighted by atomic mass is 32.2. The Balaban J connectivity index is 1.51. The summed E-state index contributed by atoms with van der Waals surface area (Å²) in [6.07, 6.45) is 0. The van der Waals surface area contributed by atoms with Gasteiger partial charge in [-0.2, -0.15) is 0 Å². The van der Waals surface area contributed by atoms with Gasteiger partial charge in [-0.3, -0.25) is 4.79 Å². The van der Waals surface area contributed by atoms with Crippen LogP contribution in [0.2, 0.25) is 0 Å². The molecule has 0 aliphatic carbocycles. The lowest BCUT2D eigenvalue weighted by molar-refractivity contribution is 0.414. The first kappa shape index (κ1) is 18.6. The first-order valence-electron chi connectivity index (χ1n) is 8.56. The van der Waals surface area contributed by atoms with Crippen LogP contribution in [0.1, 0.15) is 21.8 Å². The number of aromatic nitrogens is 6. The van der Waals surface area contributed by atoms with E-state index in [-0.39, 0.29) is 5.56 Å². The zero-order valence-electron chi connectivity index (χ0n) is 15.6. The Morgan fingerprint density at radius 3 is 2.79 bits per heavy atom. The lowest BCUT2D eigenvalue weighted by atomic mass is 10.2. The molecule has 0 spiro atoms. The Morgan fingerprint density at radius 1 is 1.25 bits per heavy atom. The van der Waals surface area contributed by atoms with Crippen molar-refractivity contribution in [1.82, 2.24) is 30.2 Å². The van der Waals surface area contributed by atoms with Crippen molar-refractivity contribution < 1.29 is 4.74 Å². The van der Waals surface area contributed by atoms with Crippen molar-refractivity contribution in [1.29, 1.82) is 0 Å². The van der Waals surface area contributed by atoms with Gasteiger partial charge in [0, 0.05) is 4.88 Å². The zero-order chi connectivity index (χ0) is 19.7. The fourth-order valence-corrected chi connectivity index (χ4v) is 4.60. The van der Waals surface area contributed by atoms with Crippen molar-refractivity contribution in [3.05, 3.63) is 56.4 Å². The molecule has 4 aromatic rings. The van der Waals surface area contributed by atoms with Gasteiger partial charge in [-0.1, -0.05) is 23.9 Å². The van der Waals surface area contributed by atoms with Gasteiger partial charge in [0.1, 0.15) is 16.4 Å². The predicted octanol–water partition coefficient (Wildman–Crippen LogP) is 2.94. The summed E-state index contributed by atoms with van der Waals surface area (Å²) in [5.74, 6) is 1.90. The first-order chi connectivity index (χ1) is 13.5. The van der Waals surface area contributed by atoms with Crippen molar-refractivity contribution >= 4 is 33.3 Å². The second-order valence-electron chi connectivity index (χ2n) is 6.23. The van der Waals surface area contributed by atoms with Gasteiger partial charge in [0.15, 0.2) is 0 Å². The number of fused-ring (bicyclic) bond motifs is 1. The molecule has 1 aromatic carbocycles. The maximum atomic E-state index is 12.4. The van der Waals surface area contributed by atoms with E-state index in [1.54, 1.807) is 23.1 Å². The number of aromatic amines is 1. The highest BCUT2D eigenvalue weighted by Crippen LogP contribution is 2.27. The number of nitrogens with one attached hydrogen (secondary N) is 1. The minimum Gasteiger partial charge on any atom is -0.497 e. The third kappa shape index (κ3) is 3.65. The molecule has 0 aliphatic rings. The Kier molecular flexibility index (Phi) is 5.14. The van der Waals surface area contributed by atoms with Gasteiger partial charge in [0.2, 0.25) is 5.16 Å². The van der Waals surface area contributed by atoms with Crippen LogP contribution >= 0.6 is 23.1 Å². The monoisotopic (exact) mass is 414 g/mol. The number of ether oxygens (including phenoxy) is 1. The molecule has 0 amide bonds. The highest BCUT2D eigenvalue weighted by molar-refractivity contribution is 7.98. The van der Waals surface area contributed by atoms with Gasteiger partial charge in [0.25, 0.3) is 5.56 Å². The maximum absolute atomic E-state index is 12.4. The number of nitrogens with zero attached hydrogens (tertiary/aromatic N) is 5. The average molecular weight is 415 g/mol. The summed E-state index contributed by atoms with van der Waals surface area (Å²) in [6, 6.07) is 7.76. The van der Waals surface area contributed by atoms with Gasteiger partial charge in [0.05, 0.1) is 24.8 Å². The molecule has 0 saturated carbocycles. The molecule has 3 aromatic heterocycles. The third-order valence-corrected chi connectivity index (χ3v) is 6.49. The van der Waals surface area contributed by atoms with Crippen LogP contribution in [0.25, 0.3) is 10.2 Å². The molecule has 0 bridgehead atoms. The fourth-order valence-electron chi connectivity index (χ4n) is 2.80. The molecule has 0 radical (unpaired) electrons. The number of methoxy groups -OCH3 is 1. The van der Waals surface area contributed by atoms with Gasteiger partial charge >= 0.3 is 0 Å². The summed E-state index contributed by atoms with van der Waals surface area (Å²) in [7, 11) is 1.64. The molecule has 4 rings (SSSR count). The number of benzene rings is 1. The van der Waals surface area contributed by atoms with E-state index in [9.17, 15) is 4.79 Å². The van der Waals surface area contributed by atoms with E-state index in [1.807, 2.05) is 38.1 Å². The minimum atomic E-state index is -0.0970. The molecule has 0 fully saturated rings. The number of hydrogen-bond acceptors (Lipinski definition) is 8. The summed E-state index contributed by atoms with van der Waals surface area (Å²) in [5, 5.41) is 13.3. The van der Waals surface area contributed by atoms with Crippen LogP contribution in [0, 0.1) is 13.8 Å². The maximum Gasteiger partial charge on any atom is 0.259 e. The van der Waals surface area contributed by atoms with E-state index in [0.717, 1.165) is 26.6 Å². The second kappa shape index (κ2) is 7.72. The Morgan fingerprint density at radius 2 is 2.04 bits per heavy atom. The van der Waals surface area contributed by atoms with Crippen molar-refractivity contribution in [2.24, 2.45) is 0 Å². The predicted molar refractivity (Wildman–Crippen MR) is 109 cm³/mol. The molecule has 0 unspecified atom stereocenters. The number of tetrazole rings is 1. The summed E-state index contributed by atoms with van der Waals surface area (Å²) >= 11 is 2.98. The summed E-state index contributed by atoms with van der Waals surface area (Å²) in [4.78, 5) is 21.8. The third-order valence-electron chi connectivity index (χ3n) is 4.42. The van der Waals surface area contributed by atoms with Crippen LogP contribution in [0.15, 0.2) is 34.2 Å². The summed E-state index contributed by atoms with van der Waals surface area (Å²) in [6.45, 7) is 4.50. The van der Waals surface area contributed by atoms with Gasteiger partial charge in [-0.15, -0.1) is 16.4 Å².